The van der Waals surface area contributed by atoms with Gasteiger partial charge >= 0.3 is 0 Å². The summed E-state index contributed by atoms with van der Waals surface area (Å²) in [5, 5.41) is 13.6. The summed E-state index contributed by atoms with van der Waals surface area (Å²) in [6, 6.07) is 11.9. The van der Waals surface area contributed by atoms with Crippen LogP contribution in [-0.2, 0) is 6.42 Å². The van der Waals surface area contributed by atoms with Crippen molar-refractivity contribution in [2.45, 2.75) is 20.3 Å². The molecule has 108 valence electrons. The second-order valence-corrected chi connectivity index (χ2v) is 4.78. The number of nitrogens with zero attached hydrogens (tertiary/aromatic N) is 1. The van der Waals surface area contributed by atoms with Crippen LogP contribution in [0.15, 0.2) is 42.5 Å². The van der Waals surface area contributed by atoms with Crippen molar-refractivity contribution < 1.29 is 9.72 Å². The number of amides is 1. The number of aryl methyl sites for hydroxylation is 2. The molecular formula is C16H16N2O3. The van der Waals surface area contributed by atoms with Gasteiger partial charge in [-0.1, -0.05) is 25.1 Å². The zero-order chi connectivity index (χ0) is 15.4. The van der Waals surface area contributed by atoms with Crippen LogP contribution in [0.1, 0.15) is 28.4 Å². The smallest absolute Gasteiger partial charge is 0.293 e. The van der Waals surface area contributed by atoms with Gasteiger partial charge in [0.2, 0.25) is 0 Å². The third-order valence-electron chi connectivity index (χ3n) is 3.22. The molecule has 0 atom stereocenters. The summed E-state index contributed by atoms with van der Waals surface area (Å²) in [6.45, 7) is 3.80. The first kappa shape index (κ1) is 14.7. The molecule has 0 aliphatic carbocycles. The molecule has 0 aliphatic heterocycles. The summed E-state index contributed by atoms with van der Waals surface area (Å²) in [6.07, 6.45) is 0.894. The van der Waals surface area contributed by atoms with Gasteiger partial charge in [-0.25, -0.2) is 0 Å². The highest BCUT2D eigenvalue weighted by Crippen LogP contribution is 2.25. The van der Waals surface area contributed by atoms with E-state index in [-0.39, 0.29) is 17.3 Å². The van der Waals surface area contributed by atoms with Crippen LogP contribution >= 0.6 is 0 Å². The number of nitrogens with one attached hydrogen (secondary N) is 1. The lowest BCUT2D eigenvalue weighted by Gasteiger charge is -2.07. The topological polar surface area (TPSA) is 72.2 Å². The van der Waals surface area contributed by atoms with Crippen molar-refractivity contribution in [1.29, 1.82) is 0 Å². The quantitative estimate of drug-likeness (QED) is 0.687. The Bertz CT molecular complexity index is 678. The van der Waals surface area contributed by atoms with E-state index in [4.69, 9.17) is 0 Å². The van der Waals surface area contributed by atoms with Crippen molar-refractivity contribution in [2.24, 2.45) is 0 Å². The van der Waals surface area contributed by atoms with Gasteiger partial charge in [-0.05, 0) is 42.7 Å². The summed E-state index contributed by atoms with van der Waals surface area (Å²) in [5.74, 6) is -0.357. The number of carbonyl (C=O) groups is 1. The SMILES string of the molecule is CCc1ccc(C(=O)Nc2ccc(C)cc2[N+](=O)[O-])cc1. The molecule has 21 heavy (non-hydrogen) atoms. The standard InChI is InChI=1S/C16H16N2O3/c1-3-12-5-7-13(8-6-12)16(19)17-14-9-4-11(2)10-15(14)18(20)21/h4-10H,3H2,1-2H3,(H,17,19). The maximum absolute atomic E-state index is 12.1. The van der Waals surface area contributed by atoms with E-state index in [1.807, 2.05) is 19.1 Å². The van der Waals surface area contributed by atoms with E-state index < -0.39 is 4.92 Å². The normalized spacial score (nSPS) is 10.2. The Hall–Kier alpha value is -2.69. The van der Waals surface area contributed by atoms with Gasteiger partial charge in [0.15, 0.2) is 0 Å². The number of nitro groups is 1. The minimum atomic E-state index is -0.497. The maximum Gasteiger partial charge on any atom is 0.293 e. The zero-order valence-corrected chi connectivity index (χ0v) is 11.9. The fourth-order valence-corrected chi connectivity index (χ4v) is 1.98. The monoisotopic (exact) mass is 284 g/mol. The molecule has 0 bridgehead atoms. The summed E-state index contributed by atoms with van der Waals surface area (Å²) < 4.78 is 0. The fourth-order valence-electron chi connectivity index (χ4n) is 1.98. The third-order valence-corrected chi connectivity index (χ3v) is 3.22. The Morgan fingerprint density at radius 2 is 1.86 bits per heavy atom. The van der Waals surface area contributed by atoms with Crippen molar-refractivity contribution in [3.05, 3.63) is 69.3 Å². The van der Waals surface area contributed by atoms with E-state index in [2.05, 4.69) is 5.32 Å². The minimum absolute atomic E-state index is 0.103. The first-order chi connectivity index (χ1) is 10.0. The predicted molar refractivity (Wildman–Crippen MR) is 81.6 cm³/mol. The van der Waals surface area contributed by atoms with Crippen molar-refractivity contribution in [2.75, 3.05) is 5.32 Å². The Morgan fingerprint density at radius 1 is 1.19 bits per heavy atom. The lowest BCUT2D eigenvalue weighted by Crippen LogP contribution is -2.13. The first-order valence-corrected chi connectivity index (χ1v) is 6.66. The molecule has 2 aromatic carbocycles. The van der Waals surface area contributed by atoms with Crippen molar-refractivity contribution >= 4 is 17.3 Å². The molecule has 0 saturated carbocycles. The molecule has 1 amide bonds. The largest absolute Gasteiger partial charge is 0.316 e. The summed E-state index contributed by atoms with van der Waals surface area (Å²) in [7, 11) is 0. The Labute approximate surface area is 122 Å². The van der Waals surface area contributed by atoms with E-state index in [0.29, 0.717) is 5.56 Å². The summed E-state index contributed by atoms with van der Waals surface area (Å²) in [5.41, 5.74) is 2.48. The van der Waals surface area contributed by atoms with Crippen LogP contribution in [0.5, 0.6) is 0 Å². The summed E-state index contributed by atoms with van der Waals surface area (Å²) in [4.78, 5) is 22.7. The van der Waals surface area contributed by atoms with Gasteiger partial charge in [0.25, 0.3) is 11.6 Å². The highest BCUT2D eigenvalue weighted by atomic mass is 16.6. The first-order valence-electron chi connectivity index (χ1n) is 6.66. The molecular weight excluding hydrogens is 268 g/mol. The molecule has 0 spiro atoms. The number of benzene rings is 2. The number of hydrogen-bond acceptors (Lipinski definition) is 3. The third kappa shape index (κ3) is 3.45. The lowest BCUT2D eigenvalue weighted by molar-refractivity contribution is -0.384. The van der Waals surface area contributed by atoms with E-state index in [1.165, 1.54) is 6.07 Å². The van der Waals surface area contributed by atoms with Gasteiger partial charge in [0, 0.05) is 11.6 Å². The number of nitro benzene ring substituents is 1. The van der Waals surface area contributed by atoms with Crippen molar-refractivity contribution in [3.63, 3.8) is 0 Å². The molecule has 0 saturated heterocycles. The summed E-state index contributed by atoms with van der Waals surface area (Å²) >= 11 is 0. The van der Waals surface area contributed by atoms with Gasteiger partial charge in [0.1, 0.15) is 5.69 Å². The second-order valence-electron chi connectivity index (χ2n) is 4.78. The van der Waals surface area contributed by atoms with Gasteiger partial charge in [-0.2, -0.15) is 0 Å². The van der Waals surface area contributed by atoms with Crippen LogP contribution < -0.4 is 5.32 Å². The van der Waals surface area contributed by atoms with Crippen molar-refractivity contribution in [3.8, 4) is 0 Å². The van der Waals surface area contributed by atoms with E-state index in [0.717, 1.165) is 17.5 Å². The van der Waals surface area contributed by atoms with Crippen LogP contribution in [0.4, 0.5) is 11.4 Å². The Kier molecular flexibility index (Phi) is 4.33. The molecule has 2 aromatic rings. The molecule has 0 aliphatic rings. The molecule has 5 nitrogen and oxygen atoms in total. The average Bonchev–Trinajstić information content (AvgIpc) is 2.49. The molecule has 0 aromatic heterocycles. The molecule has 0 heterocycles. The Morgan fingerprint density at radius 3 is 2.43 bits per heavy atom. The van der Waals surface area contributed by atoms with Crippen LogP contribution in [0, 0.1) is 17.0 Å². The predicted octanol–water partition coefficient (Wildman–Crippen LogP) is 3.72. The van der Waals surface area contributed by atoms with Crippen LogP contribution in [-0.4, -0.2) is 10.8 Å². The number of rotatable bonds is 4. The maximum atomic E-state index is 12.1. The molecule has 1 N–H and O–H groups in total. The minimum Gasteiger partial charge on any atom is -0.316 e. The van der Waals surface area contributed by atoms with Crippen LogP contribution in [0.2, 0.25) is 0 Å². The number of carbonyl (C=O) groups excluding carboxylic acids is 1. The molecule has 0 fully saturated rings. The van der Waals surface area contributed by atoms with Gasteiger partial charge in [0.05, 0.1) is 4.92 Å². The van der Waals surface area contributed by atoms with Gasteiger partial charge < -0.3 is 5.32 Å². The lowest BCUT2D eigenvalue weighted by atomic mass is 10.1. The van der Waals surface area contributed by atoms with E-state index in [9.17, 15) is 14.9 Å². The Balaban J connectivity index is 2.24. The van der Waals surface area contributed by atoms with Gasteiger partial charge in [-0.3, -0.25) is 14.9 Å². The highest BCUT2D eigenvalue weighted by molar-refractivity contribution is 6.05. The zero-order valence-electron chi connectivity index (χ0n) is 11.9. The average molecular weight is 284 g/mol. The molecule has 0 radical (unpaired) electrons. The van der Waals surface area contributed by atoms with Crippen LogP contribution in [0.3, 0.4) is 0 Å². The number of hydrogen-bond donors (Lipinski definition) is 1. The van der Waals surface area contributed by atoms with Crippen molar-refractivity contribution in [1.82, 2.24) is 0 Å². The van der Waals surface area contributed by atoms with E-state index >= 15 is 0 Å². The molecule has 2 rings (SSSR count). The second kappa shape index (κ2) is 6.17. The molecule has 0 unspecified atom stereocenters. The van der Waals surface area contributed by atoms with Gasteiger partial charge in [-0.15, -0.1) is 0 Å². The van der Waals surface area contributed by atoms with E-state index in [1.54, 1.807) is 31.2 Å². The van der Waals surface area contributed by atoms with Crippen LogP contribution in [0.25, 0.3) is 0 Å². The highest BCUT2D eigenvalue weighted by Gasteiger charge is 2.16. The number of anilines is 1. The fraction of sp³-hybridized carbons (Fsp3) is 0.188. The molecule has 5 heteroatoms.